The summed E-state index contributed by atoms with van der Waals surface area (Å²) in [6.45, 7) is 8.43. The Balaban J connectivity index is 0.00000256. The van der Waals surface area contributed by atoms with E-state index in [0.29, 0.717) is 13.2 Å². The lowest BCUT2D eigenvalue weighted by molar-refractivity contribution is -0.242. The van der Waals surface area contributed by atoms with Gasteiger partial charge in [0.15, 0.2) is 17.9 Å². The van der Waals surface area contributed by atoms with E-state index in [9.17, 15) is 0 Å². The maximum atomic E-state index is 6.11. The van der Waals surface area contributed by atoms with Gasteiger partial charge in [0.25, 0.3) is 0 Å². The molecule has 0 amide bonds. The van der Waals surface area contributed by atoms with Crippen LogP contribution in [0, 0.1) is 0 Å². The minimum atomic E-state index is -0.724. The van der Waals surface area contributed by atoms with E-state index in [1.807, 2.05) is 52.0 Å². The first-order valence-corrected chi connectivity index (χ1v) is 9.91. The third-order valence-electron chi connectivity index (χ3n) is 5.20. The highest BCUT2D eigenvalue weighted by Gasteiger charge is 2.58. The van der Waals surface area contributed by atoms with Crippen molar-refractivity contribution in [2.75, 3.05) is 20.5 Å². The Morgan fingerprint density at radius 1 is 0.967 bits per heavy atom. The van der Waals surface area contributed by atoms with Gasteiger partial charge in [-0.25, -0.2) is 0 Å². The molecule has 3 aliphatic rings. The predicted molar refractivity (Wildman–Crippen MR) is 108 cm³/mol. The molecule has 1 aromatic carbocycles. The summed E-state index contributed by atoms with van der Waals surface area (Å²) in [6.07, 6.45) is -1.88. The first-order valence-electron chi connectivity index (χ1n) is 9.91. The van der Waals surface area contributed by atoms with Crippen LogP contribution in [0.3, 0.4) is 0 Å². The van der Waals surface area contributed by atoms with Gasteiger partial charge in [-0.15, -0.1) is 0 Å². The third kappa shape index (κ3) is 5.13. The summed E-state index contributed by atoms with van der Waals surface area (Å²) in [5.74, 6) is -0.565. The molecule has 1 aromatic rings. The summed E-state index contributed by atoms with van der Waals surface area (Å²) >= 11 is 0. The van der Waals surface area contributed by atoms with Crippen molar-refractivity contribution in [1.82, 2.24) is 0 Å². The van der Waals surface area contributed by atoms with Gasteiger partial charge in [0.1, 0.15) is 37.0 Å². The number of ether oxygens (including phenoxy) is 8. The zero-order valence-corrected chi connectivity index (χ0v) is 17.6. The molecule has 0 N–H and O–H groups in total. The molecule has 0 radical (unpaired) electrons. The molecule has 3 aliphatic heterocycles. The van der Waals surface area contributed by atoms with Crippen molar-refractivity contribution in [2.24, 2.45) is 0 Å². The molecule has 0 saturated carbocycles. The minimum absolute atomic E-state index is 0. The van der Waals surface area contributed by atoms with Crippen LogP contribution in [0.4, 0.5) is 0 Å². The number of rotatable bonds is 7. The number of methoxy groups -OCH3 is 1. The van der Waals surface area contributed by atoms with Crippen molar-refractivity contribution in [3.63, 3.8) is 0 Å². The molecule has 0 spiro atoms. The van der Waals surface area contributed by atoms with Gasteiger partial charge in [-0.05, 0) is 45.4 Å². The van der Waals surface area contributed by atoms with Gasteiger partial charge >= 0.3 is 0 Å². The van der Waals surface area contributed by atoms with Crippen LogP contribution in [0.25, 0.3) is 0 Å². The van der Waals surface area contributed by atoms with Gasteiger partial charge < -0.3 is 37.9 Å². The number of hydrogen-bond acceptors (Lipinski definition) is 8. The largest absolute Gasteiger partial charge is 0.497 e. The van der Waals surface area contributed by atoms with E-state index >= 15 is 0 Å². The molecule has 0 aliphatic carbocycles. The Kier molecular flexibility index (Phi) is 7.08. The molecular weight excluding hydrogens is 392 g/mol. The molecule has 4 rings (SSSR count). The van der Waals surface area contributed by atoms with Crippen molar-refractivity contribution in [1.29, 1.82) is 0 Å². The molecule has 8 nitrogen and oxygen atoms in total. The summed E-state index contributed by atoms with van der Waals surface area (Å²) in [5.41, 5.74) is 1.03. The van der Waals surface area contributed by atoms with Crippen molar-refractivity contribution in [3.8, 4) is 5.75 Å². The van der Waals surface area contributed by atoms with E-state index in [1.165, 1.54) is 0 Å². The molecule has 3 fully saturated rings. The molecule has 3 saturated heterocycles. The summed E-state index contributed by atoms with van der Waals surface area (Å²) in [4.78, 5) is 0. The second kappa shape index (κ2) is 9.08. The van der Waals surface area contributed by atoms with Crippen LogP contribution in [0.1, 0.15) is 40.7 Å². The molecule has 3 heterocycles. The lowest BCUT2D eigenvalue weighted by Crippen LogP contribution is -2.44. The predicted octanol–water partition coefficient (Wildman–Crippen LogP) is 3.22. The van der Waals surface area contributed by atoms with Gasteiger partial charge in [-0.2, -0.15) is 0 Å². The Bertz CT molecular complexity index is 689. The van der Waals surface area contributed by atoms with Crippen LogP contribution in [0.5, 0.6) is 5.75 Å². The Labute approximate surface area is 178 Å². The van der Waals surface area contributed by atoms with E-state index in [-0.39, 0.29) is 38.6 Å². The third-order valence-corrected chi connectivity index (χ3v) is 5.20. The number of fused-ring (bicyclic) bond motifs is 1. The molecule has 0 aromatic heterocycles. The van der Waals surface area contributed by atoms with Gasteiger partial charge in [-0.1, -0.05) is 19.6 Å². The molecule has 30 heavy (non-hydrogen) atoms. The number of hydrogen-bond donors (Lipinski definition) is 0. The average molecular weight is 427 g/mol. The topological polar surface area (TPSA) is 73.8 Å². The SMILES string of the molecule is C.COc1ccc(COCO[C@H]2C3OC(C)(C)O[C@H]3O[C@@H]2C2COC(C)(C)O2)cc1. The summed E-state index contributed by atoms with van der Waals surface area (Å²) in [7, 11) is 1.64. The first kappa shape index (κ1) is 23.4. The summed E-state index contributed by atoms with van der Waals surface area (Å²) in [6, 6.07) is 7.71. The molecule has 5 atom stereocenters. The van der Waals surface area contributed by atoms with Crippen LogP contribution < -0.4 is 4.74 Å². The zero-order valence-electron chi connectivity index (χ0n) is 17.6. The van der Waals surface area contributed by atoms with E-state index < -0.39 is 17.9 Å². The maximum Gasteiger partial charge on any atom is 0.190 e. The Morgan fingerprint density at radius 2 is 1.70 bits per heavy atom. The fraction of sp³-hybridized carbons (Fsp3) is 0.727. The van der Waals surface area contributed by atoms with Crippen LogP contribution in [-0.2, 0) is 39.8 Å². The summed E-state index contributed by atoms with van der Waals surface area (Å²) < 4.78 is 46.6. The van der Waals surface area contributed by atoms with Crippen molar-refractivity contribution in [3.05, 3.63) is 29.8 Å². The second-order valence-corrected chi connectivity index (χ2v) is 8.38. The van der Waals surface area contributed by atoms with Crippen LogP contribution >= 0.6 is 0 Å². The van der Waals surface area contributed by atoms with Gasteiger partial charge in [-0.3, -0.25) is 0 Å². The van der Waals surface area contributed by atoms with Crippen LogP contribution in [0.2, 0.25) is 0 Å². The van der Waals surface area contributed by atoms with Crippen LogP contribution in [-0.4, -0.2) is 62.8 Å². The highest BCUT2D eigenvalue weighted by atomic mass is 16.9. The monoisotopic (exact) mass is 426 g/mol. The standard InChI is InChI=1S/C21H30O8.CH4/c1-20(2)25-11-15(27-20)16-17(18-19(26-16)29-21(3,4)28-18)24-12-23-10-13-6-8-14(22-5)9-7-13;/h6-9,15-19H,10-12H2,1-5H3;1H4/t15?,16-,17-,18?,19-;/m1./s1. The molecule has 2 unspecified atom stereocenters. The van der Waals surface area contributed by atoms with E-state index in [1.54, 1.807) is 7.11 Å². The lowest BCUT2D eigenvalue weighted by Gasteiger charge is -2.28. The van der Waals surface area contributed by atoms with Crippen molar-refractivity contribution < 1.29 is 37.9 Å². The average Bonchev–Trinajstić information content (AvgIpc) is 3.28. The van der Waals surface area contributed by atoms with Gasteiger partial charge in [0.05, 0.1) is 20.3 Å². The molecule has 8 heteroatoms. The highest BCUT2D eigenvalue weighted by molar-refractivity contribution is 5.26. The highest BCUT2D eigenvalue weighted by Crippen LogP contribution is 2.41. The molecular formula is C22H34O8. The quantitative estimate of drug-likeness (QED) is 0.486. The fourth-order valence-electron chi connectivity index (χ4n) is 3.88. The number of benzene rings is 1. The van der Waals surface area contributed by atoms with Crippen molar-refractivity contribution in [2.45, 2.75) is 84.0 Å². The normalized spacial score (nSPS) is 33.8. The van der Waals surface area contributed by atoms with E-state index in [4.69, 9.17) is 37.9 Å². The van der Waals surface area contributed by atoms with Gasteiger partial charge in [0, 0.05) is 0 Å². The molecule has 170 valence electrons. The summed E-state index contributed by atoms with van der Waals surface area (Å²) in [5, 5.41) is 0. The molecule has 0 bridgehead atoms. The van der Waals surface area contributed by atoms with Crippen molar-refractivity contribution >= 4 is 0 Å². The van der Waals surface area contributed by atoms with Crippen LogP contribution in [0.15, 0.2) is 24.3 Å². The Morgan fingerprint density at radius 3 is 2.33 bits per heavy atom. The second-order valence-electron chi connectivity index (χ2n) is 8.38. The van der Waals surface area contributed by atoms with E-state index in [2.05, 4.69) is 0 Å². The minimum Gasteiger partial charge on any atom is -0.497 e. The maximum absolute atomic E-state index is 6.11. The van der Waals surface area contributed by atoms with Gasteiger partial charge in [0.2, 0.25) is 0 Å². The Hall–Kier alpha value is -1.26. The lowest BCUT2D eigenvalue weighted by atomic mass is 10.1. The fourth-order valence-corrected chi connectivity index (χ4v) is 3.88. The first-order chi connectivity index (χ1) is 13.8. The zero-order chi connectivity index (χ0) is 20.6. The smallest absolute Gasteiger partial charge is 0.190 e. The van der Waals surface area contributed by atoms with E-state index in [0.717, 1.165) is 11.3 Å².